The summed E-state index contributed by atoms with van der Waals surface area (Å²) in [6.45, 7) is 8.99. The maximum atomic E-state index is 10.0. The number of nitriles is 1. The van der Waals surface area contributed by atoms with Crippen molar-refractivity contribution in [1.29, 1.82) is 5.26 Å². The average Bonchev–Trinajstić information content (AvgIpc) is 3.30. The Balaban J connectivity index is 1.74. The number of allylic oxidation sites excluding steroid dienone is 1. The van der Waals surface area contributed by atoms with Crippen LogP contribution in [0.1, 0.15) is 25.2 Å². The molecule has 0 saturated carbocycles. The highest BCUT2D eigenvalue weighted by Crippen LogP contribution is 2.27. The van der Waals surface area contributed by atoms with E-state index in [4.69, 9.17) is 4.74 Å². The lowest BCUT2D eigenvalue weighted by Crippen LogP contribution is -2.38. The second-order valence-corrected chi connectivity index (χ2v) is 7.53. The van der Waals surface area contributed by atoms with Gasteiger partial charge in [-0.15, -0.1) is 10.2 Å². The van der Waals surface area contributed by atoms with Gasteiger partial charge in [0.2, 0.25) is 5.95 Å². The SMILES string of the molecule is CCN(CC)c1ccc(C=C(C#N)c2nnc(N3CCOCC3)n2-c2ccccc2)cc1. The number of rotatable bonds is 7. The van der Waals surface area contributed by atoms with Crippen LogP contribution in [0.25, 0.3) is 17.3 Å². The Kier molecular flexibility index (Phi) is 6.83. The number of para-hydroxylation sites is 1. The van der Waals surface area contributed by atoms with E-state index in [9.17, 15) is 5.26 Å². The molecule has 7 nitrogen and oxygen atoms in total. The third kappa shape index (κ3) is 4.51. The number of morpholine rings is 1. The Morgan fingerprint density at radius 3 is 2.34 bits per heavy atom. The minimum Gasteiger partial charge on any atom is -0.378 e. The fraction of sp³-hybridized carbons (Fsp3) is 0.320. The van der Waals surface area contributed by atoms with Gasteiger partial charge in [-0.25, -0.2) is 0 Å². The summed E-state index contributed by atoms with van der Waals surface area (Å²) >= 11 is 0. The highest BCUT2D eigenvalue weighted by atomic mass is 16.5. The van der Waals surface area contributed by atoms with E-state index in [1.165, 1.54) is 5.69 Å². The normalized spacial score (nSPS) is 14.3. The van der Waals surface area contributed by atoms with Gasteiger partial charge in [-0.2, -0.15) is 5.26 Å². The highest BCUT2D eigenvalue weighted by molar-refractivity contribution is 5.88. The predicted molar refractivity (Wildman–Crippen MR) is 128 cm³/mol. The van der Waals surface area contributed by atoms with Gasteiger partial charge in [0, 0.05) is 31.9 Å². The van der Waals surface area contributed by atoms with E-state index >= 15 is 0 Å². The summed E-state index contributed by atoms with van der Waals surface area (Å²) in [5.74, 6) is 1.26. The van der Waals surface area contributed by atoms with E-state index in [1.807, 2.05) is 53.1 Å². The molecule has 0 unspecified atom stereocenters. The minimum absolute atomic E-state index is 0.469. The van der Waals surface area contributed by atoms with Crippen LogP contribution in [-0.2, 0) is 4.74 Å². The zero-order chi connectivity index (χ0) is 22.3. The fourth-order valence-corrected chi connectivity index (χ4v) is 3.92. The van der Waals surface area contributed by atoms with Crippen molar-refractivity contribution in [2.45, 2.75) is 13.8 Å². The van der Waals surface area contributed by atoms with Crippen LogP contribution in [0.15, 0.2) is 54.6 Å². The molecule has 1 aromatic heterocycles. The van der Waals surface area contributed by atoms with E-state index in [-0.39, 0.29) is 0 Å². The van der Waals surface area contributed by atoms with Crippen molar-refractivity contribution in [2.24, 2.45) is 0 Å². The molecular formula is C25H28N6O. The molecule has 0 amide bonds. The molecule has 7 heteroatoms. The molecule has 4 rings (SSSR count). The first kappa shape index (κ1) is 21.6. The number of benzene rings is 2. The molecule has 0 radical (unpaired) electrons. The molecule has 2 heterocycles. The summed E-state index contributed by atoms with van der Waals surface area (Å²) in [6, 6.07) is 20.5. The number of hydrogen-bond donors (Lipinski definition) is 0. The van der Waals surface area contributed by atoms with Crippen molar-refractivity contribution in [3.8, 4) is 11.8 Å². The third-order valence-electron chi connectivity index (χ3n) is 5.65. The molecule has 0 atom stereocenters. The smallest absolute Gasteiger partial charge is 0.232 e. The zero-order valence-corrected chi connectivity index (χ0v) is 18.6. The van der Waals surface area contributed by atoms with Gasteiger partial charge in [0.15, 0.2) is 5.82 Å². The molecule has 1 aliphatic rings. The Bertz CT molecular complexity index is 1090. The van der Waals surface area contributed by atoms with E-state index in [0.717, 1.165) is 43.4 Å². The van der Waals surface area contributed by atoms with Crippen LogP contribution in [0.4, 0.5) is 11.6 Å². The molecule has 3 aromatic rings. The average molecular weight is 429 g/mol. The first-order valence-electron chi connectivity index (χ1n) is 11.1. The van der Waals surface area contributed by atoms with Gasteiger partial charge in [-0.3, -0.25) is 4.57 Å². The van der Waals surface area contributed by atoms with Crippen molar-refractivity contribution in [3.63, 3.8) is 0 Å². The van der Waals surface area contributed by atoms with Crippen LogP contribution in [0, 0.1) is 11.3 Å². The van der Waals surface area contributed by atoms with Gasteiger partial charge >= 0.3 is 0 Å². The van der Waals surface area contributed by atoms with Crippen LogP contribution < -0.4 is 9.80 Å². The van der Waals surface area contributed by atoms with Crippen LogP contribution >= 0.6 is 0 Å². The molecule has 1 fully saturated rings. The van der Waals surface area contributed by atoms with Gasteiger partial charge in [-0.05, 0) is 49.8 Å². The summed E-state index contributed by atoms with van der Waals surface area (Å²) in [7, 11) is 0. The second-order valence-electron chi connectivity index (χ2n) is 7.53. The number of aromatic nitrogens is 3. The maximum absolute atomic E-state index is 10.0. The quantitative estimate of drug-likeness (QED) is 0.530. The third-order valence-corrected chi connectivity index (χ3v) is 5.65. The van der Waals surface area contributed by atoms with Crippen LogP contribution in [0.2, 0.25) is 0 Å². The second kappa shape index (κ2) is 10.1. The van der Waals surface area contributed by atoms with E-state index < -0.39 is 0 Å². The number of anilines is 2. The van der Waals surface area contributed by atoms with Crippen LogP contribution in [0.5, 0.6) is 0 Å². The molecule has 0 spiro atoms. The summed E-state index contributed by atoms with van der Waals surface area (Å²) in [6.07, 6.45) is 1.87. The fourth-order valence-electron chi connectivity index (χ4n) is 3.92. The summed E-state index contributed by atoms with van der Waals surface area (Å²) in [4.78, 5) is 4.44. The predicted octanol–water partition coefficient (Wildman–Crippen LogP) is 4.01. The molecule has 1 aliphatic heterocycles. The van der Waals surface area contributed by atoms with Gasteiger partial charge in [-0.1, -0.05) is 30.3 Å². The molecule has 1 saturated heterocycles. The summed E-state index contributed by atoms with van der Waals surface area (Å²) in [5.41, 5.74) is 3.52. The maximum Gasteiger partial charge on any atom is 0.232 e. The molecule has 32 heavy (non-hydrogen) atoms. The molecular weight excluding hydrogens is 400 g/mol. The first-order valence-corrected chi connectivity index (χ1v) is 11.1. The Labute approximate surface area is 189 Å². The van der Waals surface area contributed by atoms with Crippen molar-refractivity contribution < 1.29 is 4.74 Å². The molecule has 2 aromatic carbocycles. The van der Waals surface area contributed by atoms with Crippen molar-refractivity contribution in [2.75, 3.05) is 49.2 Å². The molecule has 0 aliphatic carbocycles. The Hall–Kier alpha value is -3.63. The van der Waals surface area contributed by atoms with Crippen molar-refractivity contribution >= 4 is 23.3 Å². The zero-order valence-electron chi connectivity index (χ0n) is 18.6. The number of ether oxygens (including phenoxy) is 1. The van der Waals surface area contributed by atoms with Crippen molar-refractivity contribution in [1.82, 2.24) is 14.8 Å². The molecule has 164 valence electrons. The largest absolute Gasteiger partial charge is 0.378 e. The molecule has 0 bridgehead atoms. The summed E-state index contributed by atoms with van der Waals surface area (Å²) < 4.78 is 7.46. The Morgan fingerprint density at radius 1 is 1.03 bits per heavy atom. The van der Waals surface area contributed by atoms with Crippen molar-refractivity contribution in [3.05, 3.63) is 66.0 Å². The summed E-state index contributed by atoms with van der Waals surface area (Å²) in [5, 5.41) is 18.9. The van der Waals surface area contributed by atoms with E-state index in [2.05, 4.69) is 52.0 Å². The van der Waals surface area contributed by atoms with Gasteiger partial charge < -0.3 is 14.5 Å². The van der Waals surface area contributed by atoms with Gasteiger partial charge in [0.05, 0.1) is 24.5 Å². The lowest BCUT2D eigenvalue weighted by molar-refractivity contribution is 0.122. The number of nitrogens with zero attached hydrogens (tertiary/aromatic N) is 6. The van der Waals surface area contributed by atoms with E-state index in [0.29, 0.717) is 24.6 Å². The molecule has 0 N–H and O–H groups in total. The lowest BCUT2D eigenvalue weighted by Gasteiger charge is -2.28. The Morgan fingerprint density at radius 2 is 1.72 bits per heavy atom. The first-order chi connectivity index (χ1) is 15.7. The lowest BCUT2D eigenvalue weighted by atomic mass is 10.1. The standard InChI is InChI=1S/C25H28N6O/c1-3-29(4-2)22-12-10-20(11-13-22)18-21(19-26)24-27-28-25(30-14-16-32-17-15-30)31(24)23-8-6-5-7-9-23/h5-13,18H,3-4,14-17H2,1-2H3. The minimum atomic E-state index is 0.469. The topological polar surface area (TPSA) is 70.2 Å². The van der Waals surface area contributed by atoms with Crippen LogP contribution in [0.3, 0.4) is 0 Å². The van der Waals surface area contributed by atoms with E-state index in [1.54, 1.807) is 0 Å². The monoisotopic (exact) mass is 428 g/mol. The van der Waals surface area contributed by atoms with Crippen LogP contribution in [-0.4, -0.2) is 54.2 Å². The highest BCUT2D eigenvalue weighted by Gasteiger charge is 2.23. The van der Waals surface area contributed by atoms with Gasteiger partial charge in [0.25, 0.3) is 0 Å². The number of hydrogen-bond acceptors (Lipinski definition) is 6. The van der Waals surface area contributed by atoms with Gasteiger partial charge in [0.1, 0.15) is 6.07 Å².